The zero-order valence-corrected chi connectivity index (χ0v) is 20.3. The monoisotopic (exact) mass is 494 g/mol. The molecule has 1 aliphatic heterocycles. The number of hydrogen-bond acceptors (Lipinski definition) is 6. The van der Waals surface area contributed by atoms with E-state index in [1.54, 1.807) is 23.6 Å². The number of rotatable bonds is 8. The minimum absolute atomic E-state index is 0.137. The lowest BCUT2D eigenvalue weighted by molar-refractivity contribution is -0.117. The summed E-state index contributed by atoms with van der Waals surface area (Å²) in [6.07, 6.45) is 2.99. The first-order valence-electron chi connectivity index (χ1n) is 11.3. The van der Waals surface area contributed by atoms with E-state index >= 15 is 0 Å². The van der Waals surface area contributed by atoms with E-state index in [1.165, 1.54) is 46.9 Å². The summed E-state index contributed by atoms with van der Waals surface area (Å²) in [5.74, 6) is -1.12. The number of ether oxygens (including phenoxy) is 1. The zero-order valence-electron chi connectivity index (χ0n) is 19.4. The molecule has 0 bridgehead atoms. The van der Waals surface area contributed by atoms with E-state index in [2.05, 4.69) is 21.3 Å². The van der Waals surface area contributed by atoms with Gasteiger partial charge in [0.2, 0.25) is 11.8 Å². The van der Waals surface area contributed by atoms with Crippen LogP contribution in [0.4, 0.5) is 15.2 Å². The normalized spacial score (nSPS) is 14.2. The SMILES string of the molecule is CC(=O)N(c1nc(/C=C/C(=O)NCc2ccccc2CN2CCOCC2)cs1)c1ccccc1F. The number of morpholine rings is 1. The van der Waals surface area contributed by atoms with Gasteiger partial charge in [0, 0.05) is 44.6 Å². The van der Waals surface area contributed by atoms with Crippen LogP contribution in [0.1, 0.15) is 23.7 Å². The van der Waals surface area contributed by atoms with Crippen LogP contribution in [0.5, 0.6) is 0 Å². The molecule has 1 N–H and O–H groups in total. The molecule has 1 fully saturated rings. The van der Waals surface area contributed by atoms with Gasteiger partial charge in [0.15, 0.2) is 5.13 Å². The molecule has 0 aliphatic carbocycles. The van der Waals surface area contributed by atoms with Gasteiger partial charge in [0.25, 0.3) is 0 Å². The smallest absolute Gasteiger partial charge is 0.244 e. The molecule has 0 unspecified atom stereocenters. The van der Waals surface area contributed by atoms with Crippen molar-refractivity contribution in [1.82, 2.24) is 15.2 Å². The topological polar surface area (TPSA) is 74.8 Å². The van der Waals surface area contributed by atoms with Crippen molar-refractivity contribution in [2.45, 2.75) is 20.0 Å². The Morgan fingerprint density at radius 1 is 1.14 bits per heavy atom. The molecular formula is C26H27FN4O3S. The fourth-order valence-electron chi connectivity index (χ4n) is 3.78. The Kier molecular flexibility index (Phi) is 8.36. The molecule has 1 aromatic heterocycles. The lowest BCUT2D eigenvalue weighted by Crippen LogP contribution is -2.36. The fourth-order valence-corrected chi connectivity index (χ4v) is 4.63. The number of nitrogens with zero attached hydrogens (tertiary/aromatic N) is 3. The van der Waals surface area contributed by atoms with Crippen LogP contribution in [-0.4, -0.2) is 48.0 Å². The van der Waals surface area contributed by atoms with Crippen molar-refractivity contribution in [3.05, 3.63) is 82.6 Å². The third-order valence-corrected chi connectivity index (χ3v) is 6.43. The third kappa shape index (κ3) is 6.60. The number of anilines is 2. The number of carbonyl (C=O) groups is 2. The maximum atomic E-state index is 14.2. The fraction of sp³-hybridized carbons (Fsp3) is 0.269. The van der Waals surface area contributed by atoms with Crippen LogP contribution in [0.3, 0.4) is 0 Å². The summed E-state index contributed by atoms with van der Waals surface area (Å²) in [4.78, 5) is 32.6. The molecule has 35 heavy (non-hydrogen) atoms. The summed E-state index contributed by atoms with van der Waals surface area (Å²) in [5, 5.41) is 4.97. The predicted octanol–water partition coefficient (Wildman–Crippen LogP) is 4.13. The molecule has 3 aromatic rings. The number of benzene rings is 2. The van der Waals surface area contributed by atoms with Crippen LogP contribution in [0, 0.1) is 5.82 Å². The maximum absolute atomic E-state index is 14.2. The quantitative estimate of drug-likeness (QED) is 0.477. The summed E-state index contributed by atoms with van der Waals surface area (Å²) in [7, 11) is 0. The van der Waals surface area contributed by atoms with E-state index in [1.807, 2.05) is 18.2 Å². The van der Waals surface area contributed by atoms with Crippen molar-refractivity contribution in [2.24, 2.45) is 0 Å². The number of amides is 2. The van der Waals surface area contributed by atoms with Gasteiger partial charge in [-0.3, -0.25) is 19.4 Å². The molecule has 0 atom stereocenters. The van der Waals surface area contributed by atoms with Gasteiger partial charge in [-0.1, -0.05) is 36.4 Å². The van der Waals surface area contributed by atoms with Crippen molar-refractivity contribution in [1.29, 1.82) is 0 Å². The van der Waals surface area contributed by atoms with Crippen molar-refractivity contribution in [3.63, 3.8) is 0 Å². The van der Waals surface area contributed by atoms with Gasteiger partial charge in [0.1, 0.15) is 5.82 Å². The number of thiazole rings is 1. The number of nitrogens with one attached hydrogen (secondary N) is 1. The number of para-hydroxylation sites is 1. The number of aromatic nitrogens is 1. The van der Waals surface area contributed by atoms with Crippen LogP contribution >= 0.6 is 11.3 Å². The second-order valence-electron chi connectivity index (χ2n) is 8.07. The molecule has 7 nitrogen and oxygen atoms in total. The number of carbonyl (C=O) groups excluding carboxylic acids is 2. The molecule has 0 saturated carbocycles. The largest absolute Gasteiger partial charge is 0.379 e. The molecule has 9 heteroatoms. The highest BCUT2D eigenvalue weighted by molar-refractivity contribution is 7.14. The van der Waals surface area contributed by atoms with Crippen LogP contribution in [-0.2, 0) is 27.4 Å². The van der Waals surface area contributed by atoms with E-state index in [-0.39, 0.29) is 17.5 Å². The molecule has 2 aromatic carbocycles. The molecule has 0 spiro atoms. The first-order valence-corrected chi connectivity index (χ1v) is 12.2. The highest BCUT2D eigenvalue weighted by atomic mass is 32.1. The second-order valence-corrected chi connectivity index (χ2v) is 8.91. The number of hydrogen-bond donors (Lipinski definition) is 1. The van der Waals surface area contributed by atoms with E-state index in [0.29, 0.717) is 17.4 Å². The molecule has 1 saturated heterocycles. The Morgan fingerprint density at radius 3 is 2.60 bits per heavy atom. The van der Waals surface area contributed by atoms with Crippen LogP contribution in [0.2, 0.25) is 0 Å². The molecule has 2 amide bonds. The average Bonchev–Trinajstić information content (AvgIpc) is 3.32. The molecule has 182 valence electrons. The van der Waals surface area contributed by atoms with Crippen molar-refractivity contribution in [3.8, 4) is 0 Å². The predicted molar refractivity (Wildman–Crippen MR) is 135 cm³/mol. The van der Waals surface area contributed by atoms with Crippen molar-refractivity contribution in [2.75, 3.05) is 31.2 Å². The van der Waals surface area contributed by atoms with Gasteiger partial charge in [0.05, 0.1) is 24.6 Å². The Balaban J connectivity index is 1.37. The summed E-state index contributed by atoms with van der Waals surface area (Å²) in [6, 6.07) is 14.1. The van der Waals surface area contributed by atoms with Crippen molar-refractivity contribution >= 4 is 40.0 Å². The van der Waals surface area contributed by atoms with E-state index in [9.17, 15) is 14.0 Å². The summed E-state index contributed by atoms with van der Waals surface area (Å²) < 4.78 is 19.7. The Bertz CT molecular complexity index is 1210. The lowest BCUT2D eigenvalue weighted by Gasteiger charge is -2.27. The molecule has 4 rings (SSSR count). The summed E-state index contributed by atoms with van der Waals surface area (Å²) in [5.41, 5.74) is 2.90. The number of halogens is 1. The van der Waals surface area contributed by atoms with Crippen LogP contribution < -0.4 is 10.2 Å². The lowest BCUT2D eigenvalue weighted by atomic mass is 10.1. The molecule has 1 aliphatic rings. The molecule has 0 radical (unpaired) electrons. The minimum Gasteiger partial charge on any atom is -0.379 e. The Hall–Kier alpha value is -3.40. The van der Waals surface area contributed by atoms with E-state index in [0.717, 1.165) is 38.4 Å². The zero-order chi connectivity index (χ0) is 24.6. The Labute approximate surface area is 207 Å². The van der Waals surface area contributed by atoms with E-state index in [4.69, 9.17) is 4.74 Å². The maximum Gasteiger partial charge on any atom is 0.244 e. The van der Waals surface area contributed by atoms with Gasteiger partial charge in [-0.2, -0.15) is 0 Å². The van der Waals surface area contributed by atoms with Crippen LogP contribution in [0.15, 0.2) is 60.0 Å². The average molecular weight is 495 g/mol. The van der Waals surface area contributed by atoms with Gasteiger partial charge < -0.3 is 10.1 Å². The molecular weight excluding hydrogens is 467 g/mol. The highest BCUT2D eigenvalue weighted by Gasteiger charge is 2.20. The minimum atomic E-state index is -0.511. The second kappa shape index (κ2) is 11.8. The van der Waals surface area contributed by atoms with E-state index < -0.39 is 5.82 Å². The first-order chi connectivity index (χ1) is 17.0. The highest BCUT2D eigenvalue weighted by Crippen LogP contribution is 2.31. The summed E-state index contributed by atoms with van der Waals surface area (Å²) >= 11 is 1.20. The van der Waals surface area contributed by atoms with Gasteiger partial charge >= 0.3 is 0 Å². The first kappa shape index (κ1) is 24.7. The van der Waals surface area contributed by atoms with Gasteiger partial charge in [-0.25, -0.2) is 9.37 Å². The van der Waals surface area contributed by atoms with Crippen LogP contribution in [0.25, 0.3) is 6.08 Å². The standard InChI is InChI=1S/C26H27FN4O3S/c1-19(32)31(24-9-5-4-8-23(24)27)26-29-22(18-35-26)10-11-25(33)28-16-20-6-2-3-7-21(20)17-30-12-14-34-15-13-30/h2-11,18H,12-17H2,1H3,(H,28,33)/b11-10+. The molecule has 2 heterocycles. The Morgan fingerprint density at radius 2 is 1.86 bits per heavy atom. The van der Waals surface area contributed by atoms with Gasteiger partial charge in [-0.05, 0) is 29.3 Å². The van der Waals surface area contributed by atoms with Gasteiger partial charge in [-0.15, -0.1) is 11.3 Å². The third-order valence-electron chi connectivity index (χ3n) is 5.58. The summed E-state index contributed by atoms with van der Waals surface area (Å²) in [6.45, 7) is 5.87. The van der Waals surface area contributed by atoms with Crippen molar-refractivity contribution < 1.29 is 18.7 Å².